The lowest BCUT2D eigenvalue weighted by atomic mass is 10.1. The molecule has 1 aromatic heterocycles. The molecular formula is C20H20IN3O. The number of aromatic nitrogens is 2. The molecule has 0 bridgehead atoms. The molecule has 0 saturated carbocycles. The second-order valence-electron chi connectivity index (χ2n) is 6.13. The van der Waals surface area contributed by atoms with E-state index in [2.05, 4.69) is 39.8 Å². The van der Waals surface area contributed by atoms with E-state index in [0.29, 0.717) is 6.54 Å². The number of nitrogens with zero attached hydrogens (tertiary/aromatic N) is 3. The Morgan fingerprint density at radius 1 is 1.12 bits per heavy atom. The molecular weight excluding hydrogens is 425 g/mol. The van der Waals surface area contributed by atoms with Gasteiger partial charge in [-0.15, -0.1) is 0 Å². The van der Waals surface area contributed by atoms with Crippen molar-refractivity contribution >= 4 is 28.5 Å². The van der Waals surface area contributed by atoms with E-state index in [1.165, 1.54) is 5.56 Å². The topological polar surface area (TPSA) is 38.1 Å². The summed E-state index contributed by atoms with van der Waals surface area (Å²) in [4.78, 5) is 14.5. The van der Waals surface area contributed by atoms with Crippen LogP contribution in [0.1, 0.15) is 27.0 Å². The highest BCUT2D eigenvalue weighted by atomic mass is 127. The molecule has 128 valence electrons. The summed E-state index contributed by atoms with van der Waals surface area (Å²) in [5.74, 6) is 0.0314. The first-order chi connectivity index (χ1) is 12.0. The molecule has 0 aliphatic rings. The number of carbonyl (C=O) groups excluding carboxylic acids is 1. The maximum absolute atomic E-state index is 12.7. The molecule has 3 rings (SSSR count). The molecule has 0 saturated heterocycles. The van der Waals surface area contributed by atoms with Crippen molar-refractivity contribution in [1.82, 2.24) is 14.7 Å². The lowest BCUT2D eigenvalue weighted by Crippen LogP contribution is -2.27. The van der Waals surface area contributed by atoms with Gasteiger partial charge in [-0.2, -0.15) is 5.10 Å². The Hall–Kier alpha value is -2.15. The number of benzene rings is 2. The van der Waals surface area contributed by atoms with Crippen molar-refractivity contribution < 1.29 is 4.79 Å². The summed E-state index contributed by atoms with van der Waals surface area (Å²) in [5, 5.41) is 4.41. The monoisotopic (exact) mass is 445 g/mol. The third-order valence-corrected chi connectivity index (χ3v) is 5.49. The number of hydrogen-bond acceptors (Lipinski definition) is 2. The van der Waals surface area contributed by atoms with Crippen LogP contribution in [0.15, 0.2) is 60.9 Å². The largest absolute Gasteiger partial charge is 0.337 e. The van der Waals surface area contributed by atoms with E-state index in [1.54, 1.807) is 4.90 Å². The first-order valence-electron chi connectivity index (χ1n) is 8.10. The predicted molar refractivity (Wildman–Crippen MR) is 107 cm³/mol. The molecule has 0 unspecified atom stereocenters. The Balaban J connectivity index is 1.68. The van der Waals surface area contributed by atoms with E-state index in [4.69, 9.17) is 0 Å². The normalized spacial score (nSPS) is 10.7. The lowest BCUT2D eigenvalue weighted by Gasteiger charge is -2.17. The first-order valence-corrected chi connectivity index (χ1v) is 9.18. The second kappa shape index (κ2) is 7.82. The van der Waals surface area contributed by atoms with Crippen LogP contribution in [0.2, 0.25) is 0 Å². The molecule has 25 heavy (non-hydrogen) atoms. The molecule has 1 heterocycles. The van der Waals surface area contributed by atoms with Gasteiger partial charge in [0.25, 0.3) is 5.91 Å². The molecule has 0 radical (unpaired) electrons. The summed E-state index contributed by atoms with van der Waals surface area (Å²) in [6.07, 6.45) is 3.83. The van der Waals surface area contributed by atoms with Gasteiger partial charge in [0.1, 0.15) is 0 Å². The van der Waals surface area contributed by atoms with Crippen LogP contribution in [-0.2, 0) is 13.1 Å². The summed E-state index contributed by atoms with van der Waals surface area (Å²) in [7, 11) is 1.83. The zero-order chi connectivity index (χ0) is 17.8. The molecule has 0 aliphatic heterocycles. The van der Waals surface area contributed by atoms with E-state index in [1.807, 2.05) is 67.4 Å². The molecule has 2 aromatic carbocycles. The van der Waals surface area contributed by atoms with Crippen LogP contribution >= 0.6 is 22.6 Å². The Labute approximate surface area is 161 Å². The number of hydrogen-bond donors (Lipinski definition) is 0. The van der Waals surface area contributed by atoms with Gasteiger partial charge in [0.05, 0.1) is 18.3 Å². The number of halogens is 1. The maximum Gasteiger partial charge on any atom is 0.254 e. The fourth-order valence-electron chi connectivity index (χ4n) is 2.71. The van der Waals surface area contributed by atoms with E-state index in [0.717, 1.165) is 26.8 Å². The fraction of sp³-hybridized carbons (Fsp3) is 0.200. The van der Waals surface area contributed by atoms with Crippen molar-refractivity contribution in [2.24, 2.45) is 0 Å². The van der Waals surface area contributed by atoms with Crippen molar-refractivity contribution in [3.63, 3.8) is 0 Å². The smallest absolute Gasteiger partial charge is 0.254 e. The molecule has 0 atom stereocenters. The highest BCUT2D eigenvalue weighted by Crippen LogP contribution is 2.19. The highest BCUT2D eigenvalue weighted by Gasteiger charge is 2.16. The van der Waals surface area contributed by atoms with Gasteiger partial charge in [-0.05, 0) is 46.7 Å². The van der Waals surface area contributed by atoms with Gasteiger partial charge in [-0.25, -0.2) is 0 Å². The van der Waals surface area contributed by atoms with Crippen molar-refractivity contribution in [2.75, 3.05) is 7.05 Å². The Morgan fingerprint density at radius 2 is 1.88 bits per heavy atom. The highest BCUT2D eigenvalue weighted by molar-refractivity contribution is 14.1. The zero-order valence-corrected chi connectivity index (χ0v) is 16.5. The molecule has 0 aliphatic carbocycles. The predicted octanol–water partition coefficient (Wildman–Crippen LogP) is 4.12. The van der Waals surface area contributed by atoms with Gasteiger partial charge in [0, 0.05) is 28.9 Å². The zero-order valence-electron chi connectivity index (χ0n) is 14.3. The number of aryl methyl sites for hydroxylation is 1. The van der Waals surface area contributed by atoms with Crippen LogP contribution in [0.4, 0.5) is 0 Å². The van der Waals surface area contributed by atoms with Gasteiger partial charge >= 0.3 is 0 Å². The quantitative estimate of drug-likeness (QED) is 0.555. The molecule has 1 amide bonds. The minimum absolute atomic E-state index is 0.0314. The second-order valence-corrected chi connectivity index (χ2v) is 7.21. The third-order valence-electron chi connectivity index (χ3n) is 4.06. The molecule has 5 heteroatoms. The summed E-state index contributed by atoms with van der Waals surface area (Å²) < 4.78 is 2.91. The van der Waals surface area contributed by atoms with Crippen molar-refractivity contribution in [3.8, 4) is 0 Å². The van der Waals surface area contributed by atoms with Crippen LogP contribution < -0.4 is 0 Å². The average Bonchev–Trinajstić information content (AvgIpc) is 3.04. The SMILES string of the molecule is Cc1cccc(C(=O)N(C)Cc2cnn(Cc3ccccc3)c2)c1I. The van der Waals surface area contributed by atoms with E-state index >= 15 is 0 Å². The Bertz CT molecular complexity index is 874. The van der Waals surface area contributed by atoms with Crippen LogP contribution in [0.3, 0.4) is 0 Å². The minimum Gasteiger partial charge on any atom is -0.337 e. The van der Waals surface area contributed by atoms with Gasteiger partial charge in [-0.3, -0.25) is 9.48 Å². The maximum atomic E-state index is 12.7. The Kier molecular flexibility index (Phi) is 5.53. The van der Waals surface area contributed by atoms with Gasteiger partial charge < -0.3 is 4.90 Å². The lowest BCUT2D eigenvalue weighted by molar-refractivity contribution is 0.0784. The summed E-state index contributed by atoms with van der Waals surface area (Å²) in [6.45, 7) is 3.29. The van der Waals surface area contributed by atoms with Crippen LogP contribution in [-0.4, -0.2) is 27.6 Å². The fourth-order valence-corrected chi connectivity index (χ4v) is 3.30. The van der Waals surface area contributed by atoms with E-state index in [9.17, 15) is 4.79 Å². The Morgan fingerprint density at radius 3 is 2.64 bits per heavy atom. The van der Waals surface area contributed by atoms with Gasteiger partial charge in [0.15, 0.2) is 0 Å². The summed E-state index contributed by atoms with van der Waals surface area (Å²) in [5.41, 5.74) is 4.10. The first kappa shape index (κ1) is 17.7. The van der Waals surface area contributed by atoms with E-state index in [-0.39, 0.29) is 5.91 Å². The average molecular weight is 445 g/mol. The van der Waals surface area contributed by atoms with Crippen LogP contribution in [0, 0.1) is 10.5 Å². The molecule has 0 N–H and O–H groups in total. The van der Waals surface area contributed by atoms with Gasteiger partial charge in [-0.1, -0.05) is 42.5 Å². The van der Waals surface area contributed by atoms with E-state index < -0.39 is 0 Å². The van der Waals surface area contributed by atoms with Crippen molar-refractivity contribution in [1.29, 1.82) is 0 Å². The number of amides is 1. The third kappa shape index (κ3) is 4.28. The molecule has 0 spiro atoms. The molecule has 4 nitrogen and oxygen atoms in total. The summed E-state index contributed by atoms with van der Waals surface area (Å²) in [6, 6.07) is 16.0. The molecule has 0 fully saturated rings. The van der Waals surface area contributed by atoms with Crippen LogP contribution in [0.5, 0.6) is 0 Å². The van der Waals surface area contributed by atoms with Gasteiger partial charge in [0.2, 0.25) is 0 Å². The number of carbonyl (C=O) groups is 1. The standard InChI is InChI=1S/C20H20IN3O/c1-15-7-6-10-18(19(15)21)20(25)23(2)12-17-11-22-24(14-17)13-16-8-4-3-5-9-16/h3-11,14H,12-13H2,1-2H3. The van der Waals surface area contributed by atoms with Crippen molar-refractivity contribution in [2.45, 2.75) is 20.0 Å². The minimum atomic E-state index is 0.0314. The summed E-state index contributed by atoms with van der Waals surface area (Å²) >= 11 is 2.24. The number of rotatable bonds is 5. The molecule has 3 aromatic rings. The van der Waals surface area contributed by atoms with Crippen molar-refractivity contribution in [3.05, 3.63) is 86.7 Å². The van der Waals surface area contributed by atoms with Crippen LogP contribution in [0.25, 0.3) is 0 Å².